The van der Waals surface area contributed by atoms with Crippen molar-refractivity contribution in [2.45, 2.75) is 24.3 Å². The number of nitrogens with zero attached hydrogens (tertiary/aromatic N) is 3. The number of thioether (sulfide) groups is 1. The van der Waals surface area contributed by atoms with Crippen molar-refractivity contribution in [3.8, 4) is 5.75 Å². The molecule has 37 heavy (non-hydrogen) atoms. The second-order valence-corrected chi connectivity index (χ2v) is 10.3. The third-order valence-corrected chi connectivity index (χ3v) is 8.41. The molecule has 186 valence electrons. The summed E-state index contributed by atoms with van der Waals surface area (Å²) in [4.78, 5) is 39.1. The smallest absolute Gasteiger partial charge is 0.266 e. The average molecular weight is 513 g/mol. The van der Waals surface area contributed by atoms with Gasteiger partial charge in [-0.05, 0) is 41.5 Å². The summed E-state index contributed by atoms with van der Waals surface area (Å²) in [6, 6.07) is 22.4. The van der Waals surface area contributed by atoms with Gasteiger partial charge in [-0.15, -0.1) is 11.8 Å². The molecule has 1 N–H and O–H groups in total. The summed E-state index contributed by atoms with van der Waals surface area (Å²) >= 11 is 1.34. The first-order valence-corrected chi connectivity index (χ1v) is 12.9. The van der Waals surface area contributed by atoms with Crippen LogP contribution in [0, 0.1) is 0 Å². The number of hydrazone groups is 1. The lowest BCUT2D eigenvalue weighted by Crippen LogP contribution is -2.47. The fourth-order valence-electron chi connectivity index (χ4n) is 5.24. The van der Waals surface area contributed by atoms with E-state index in [4.69, 9.17) is 4.74 Å². The van der Waals surface area contributed by atoms with Crippen molar-refractivity contribution in [3.05, 3.63) is 89.5 Å². The minimum atomic E-state index is -1.12. The van der Waals surface area contributed by atoms with E-state index in [1.165, 1.54) is 23.7 Å². The van der Waals surface area contributed by atoms with Crippen molar-refractivity contribution >= 4 is 46.6 Å². The number of benzene rings is 3. The molecule has 2 atom stereocenters. The van der Waals surface area contributed by atoms with Crippen LogP contribution in [0.3, 0.4) is 0 Å². The summed E-state index contributed by atoms with van der Waals surface area (Å²) in [5.41, 5.74) is 4.77. The van der Waals surface area contributed by atoms with Crippen molar-refractivity contribution in [1.29, 1.82) is 0 Å². The number of nitrogens with one attached hydrogen (secondary N) is 1. The highest BCUT2D eigenvalue weighted by atomic mass is 32.2. The SMILES string of the molecule is COc1ccc(C2CC(c3ccc(N4C(=O)CSC45C(=O)Nc4ccccc45)cc3)=NN2C(C)=O)cc1. The van der Waals surface area contributed by atoms with Crippen LogP contribution in [0.2, 0.25) is 0 Å². The third kappa shape index (κ3) is 3.61. The molecule has 3 aromatic rings. The van der Waals surface area contributed by atoms with Crippen LogP contribution in [0.4, 0.5) is 11.4 Å². The van der Waals surface area contributed by atoms with Crippen LogP contribution in [0.15, 0.2) is 77.9 Å². The molecule has 0 saturated carbocycles. The Bertz CT molecular complexity index is 1450. The number of hydrogen-bond acceptors (Lipinski definition) is 6. The Morgan fingerprint density at radius 1 is 1.05 bits per heavy atom. The standard InChI is InChI=1S/C28H24N4O4S/c1-17(33)32-25(19-9-13-21(36-2)14-10-19)15-24(30-32)18-7-11-20(12-8-18)31-26(34)16-37-28(31)22-5-3-4-6-23(22)29-27(28)35/h3-14,25H,15-16H2,1-2H3,(H,29,35). The quantitative estimate of drug-likeness (QED) is 0.564. The molecule has 0 radical (unpaired) electrons. The minimum absolute atomic E-state index is 0.120. The largest absolute Gasteiger partial charge is 0.497 e. The Morgan fingerprint density at radius 3 is 2.49 bits per heavy atom. The predicted molar refractivity (Wildman–Crippen MR) is 143 cm³/mol. The van der Waals surface area contributed by atoms with Gasteiger partial charge in [-0.1, -0.05) is 42.5 Å². The summed E-state index contributed by atoms with van der Waals surface area (Å²) in [5, 5.41) is 9.08. The van der Waals surface area contributed by atoms with Crippen molar-refractivity contribution < 1.29 is 19.1 Å². The number of carbonyl (C=O) groups is 3. The summed E-state index contributed by atoms with van der Waals surface area (Å²) in [5.74, 6) is 0.491. The molecule has 1 fully saturated rings. The normalized spacial score (nSPS) is 22.3. The van der Waals surface area contributed by atoms with Gasteiger partial charge in [0.05, 0.1) is 24.6 Å². The second kappa shape index (κ2) is 8.77. The van der Waals surface area contributed by atoms with Crippen LogP contribution in [0.25, 0.3) is 0 Å². The number of hydrogen-bond donors (Lipinski definition) is 1. The van der Waals surface area contributed by atoms with E-state index < -0.39 is 4.87 Å². The zero-order valence-corrected chi connectivity index (χ0v) is 21.1. The molecule has 8 nitrogen and oxygen atoms in total. The van der Waals surface area contributed by atoms with E-state index in [1.807, 2.05) is 72.8 Å². The van der Waals surface area contributed by atoms with Gasteiger partial charge in [-0.3, -0.25) is 19.3 Å². The molecule has 1 spiro atoms. The van der Waals surface area contributed by atoms with Gasteiger partial charge < -0.3 is 10.1 Å². The van der Waals surface area contributed by atoms with Gasteiger partial charge in [0.1, 0.15) is 5.75 Å². The van der Waals surface area contributed by atoms with Gasteiger partial charge in [-0.25, -0.2) is 5.01 Å². The molecule has 2 unspecified atom stereocenters. The molecule has 3 aromatic carbocycles. The summed E-state index contributed by atoms with van der Waals surface area (Å²) in [7, 11) is 1.62. The van der Waals surface area contributed by atoms with Gasteiger partial charge in [0.2, 0.25) is 16.7 Å². The number of amides is 3. The highest BCUT2D eigenvalue weighted by Gasteiger charge is 2.58. The lowest BCUT2D eigenvalue weighted by atomic mass is 9.98. The highest BCUT2D eigenvalue weighted by Crippen LogP contribution is 2.53. The number of methoxy groups -OCH3 is 1. The fraction of sp³-hybridized carbons (Fsp3) is 0.214. The summed E-state index contributed by atoms with van der Waals surface area (Å²) in [6.07, 6.45) is 0.559. The van der Waals surface area contributed by atoms with Gasteiger partial charge in [-0.2, -0.15) is 5.10 Å². The molecule has 3 amide bonds. The number of anilines is 2. The first-order valence-electron chi connectivity index (χ1n) is 11.9. The second-order valence-electron chi connectivity index (χ2n) is 9.11. The third-order valence-electron chi connectivity index (χ3n) is 7.01. The molecule has 9 heteroatoms. The molecular formula is C28H24N4O4S. The zero-order valence-electron chi connectivity index (χ0n) is 20.3. The lowest BCUT2D eigenvalue weighted by Gasteiger charge is -2.32. The number of fused-ring (bicyclic) bond motifs is 2. The Hall–Kier alpha value is -4.11. The monoisotopic (exact) mass is 512 g/mol. The number of para-hydroxylation sites is 1. The van der Waals surface area contributed by atoms with Crippen LogP contribution in [-0.2, 0) is 19.3 Å². The molecule has 3 aliphatic heterocycles. The van der Waals surface area contributed by atoms with Gasteiger partial charge >= 0.3 is 0 Å². The van der Waals surface area contributed by atoms with Gasteiger partial charge in [0.25, 0.3) is 5.91 Å². The van der Waals surface area contributed by atoms with E-state index in [9.17, 15) is 14.4 Å². The highest BCUT2D eigenvalue weighted by molar-refractivity contribution is 8.02. The molecule has 0 aromatic heterocycles. The van der Waals surface area contributed by atoms with E-state index in [0.717, 1.165) is 33.8 Å². The maximum absolute atomic E-state index is 13.2. The van der Waals surface area contributed by atoms with Crippen molar-refractivity contribution in [2.75, 3.05) is 23.1 Å². The van der Waals surface area contributed by atoms with E-state index in [2.05, 4.69) is 10.4 Å². The lowest BCUT2D eigenvalue weighted by molar-refractivity contribution is -0.130. The molecule has 0 aliphatic carbocycles. The molecule has 3 heterocycles. The average Bonchev–Trinajstić information content (AvgIpc) is 3.59. The van der Waals surface area contributed by atoms with Crippen molar-refractivity contribution in [1.82, 2.24) is 5.01 Å². The first-order chi connectivity index (χ1) is 17.9. The van der Waals surface area contributed by atoms with Gasteiger partial charge in [0, 0.05) is 30.3 Å². The summed E-state index contributed by atoms with van der Waals surface area (Å²) < 4.78 is 5.25. The molecule has 1 saturated heterocycles. The number of ether oxygens (including phenoxy) is 1. The van der Waals surface area contributed by atoms with Crippen LogP contribution >= 0.6 is 11.8 Å². The Morgan fingerprint density at radius 2 is 1.78 bits per heavy atom. The molecule has 6 rings (SSSR count). The van der Waals surface area contributed by atoms with Crippen molar-refractivity contribution in [2.24, 2.45) is 5.10 Å². The number of carbonyl (C=O) groups excluding carboxylic acids is 3. The minimum Gasteiger partial charge on any atom is -0.497 e. The molecule has 0 bridgehead atoms. The maximum atomic E-state index is 13.2. The topological polar surface area (TPSA) is 91.3 Å². The van der Waals surface area contributed by atoms with E-state index >= 15 is 0 Å². The van der Waals surface area contributed by atoms with Gasteiger partial charge in [0.15, 0.2) is 0 Å². The molecule has 3 aliphatic rings. The van der Waals surface area contributed by atoms with Crippen LogP contribution in [0.1, 0.15) is 36.1 Å². The van der Waals surface area contributed by atoms with Crippen molar-refractivity contribution in [3.63, 3.8) is 0 Å². The van der Waals surface area contributed by atoms with Crippen LogP contribution < -0.4 is 15.0 Å². The fourth-order valence-corrected chi connectivity index (χ4v) is 6.56. The zero-order chi connectivity index (χ0) is 25.7. The molecular weight excluding hydrogens is 488 g/mol. The Labute approximate surface area is 218 Å². The number of rotatable bonds is 4. The van der Waals surface area contributed by atoms with E-state index in [-0.39, 0.29) is 29.5 Å². The predicted octanol–water partition coefficient (Wildman–Crippen LogP) is 4.28. The van der Waals surface area contributed by atoms with Crippen LogP contribution in [0.5, 0.6) is 5.75 Å². The Balaban J connectivity index is 1.31. The maximum Gasteiger partial charge on any atom is 0.266 e. The van der Waals surface area contributed by atoms with E-state index in [0.29, 0.717) is 12.1 Å². The summed E-state index contributed by atoms with van der Waals surface area (Å²) in [6.45, 7) is 1.51. The Kier molecular flexibility index (Phi) is 5.52. The first kappa shape index (κ1) is 23.3. The van der Waals surface area contributed by atoms with Crippen LogP contribution in [-0.4, -0.2) is 41.3 Å². The van der Waals surface area contributed by atoms with E-state index in [1.54, 1.807) is 12.0 Å².